The van der Waals surface area contributed by atoms with E-state index in [-0.39, 0.29) is 0 Å². The first-order valence-electron chi connectivity index (χ1n) is 6.34. The third kappa shape index (κ3) is 3.38. The summed E-state index contributed by atoms with van der Waals surface area (Å²) in [7, 11) is 0. The molecule has 1 aliphatic carbocycles. The van der Waals surface area contributed by atoms with Crippen molar-refractivity contribution in [3.63, 3.8) is 0 Å². The zero-order valence-corrected chi connectivity index (χ0v) is 11.4. The number of aliphatic imine (C=N–C) groups is 1. The van der Waals surface area contributed by atoms with Crippen LogP contribution in [-0.2, 0) is 0 Å². The lowest BCUT2D eigenvalue weighted by molar-refractivity contribution is 1.19. The van der Waals surface area contributed by atoms with Crippen LogP contribution in [-0.4, -0.2) is 11.7 Å². The fourth-order valence-electron chi connectivity index (χ4n) is 2.05. The molecular weight excluding hydrogens is 232 g/mol. The Labute approximate surface area is 114 Å². The molecular formula is C17H18N2. The molecule has 0 fully saturated rings. The van der Waals surface area contributed by atoms with E-state index in [4.69, 9.17) is 0 Å². The molecule has 2 rings (SSSR count). The highest BCUT2D eigenvalue weighted by Crippen LogP contribution is 2.25. The van der Waals surface area contributed by atoms with Gasteiger partial charge in [-0.1, -0.05) is 18.2 Å². The van der Waals surface area contributed by atoms with Crippen molar-refractivity contribution in [3.8, 4) is 0 Å². The van der Waals surface area contributed by atoms with Crippen molar-refractivity contribution >= 4 is 12.3 Å². The molecule has 0 atom stereocenters. The van der Waals surface area contributed by atoms with Crippen molar-refractivity contribution in [3.05, 3.63) is 71.2 Å². The standard InChI is InChI=1S/C17H18N2/c1-13(12-14(2)18-3)15-4-6-16(7-5-15)17-8-10-19-11-9-17/h4,6-12H,3,5H2,1-2H3/b14-12-,15-13-. The van der Waals surface area contributed by atoms with Crippen LogP contribution >= 0.6 is 0 Å². The van der Waals surface area contributed by atoms with Crippen LogP contribution in [0.25, 0.3) is 5.57 Å². The largest absolute Gasteiger partial charge is 0.269 e. The molecule has 0 aromatic carbocycles. The van der Waals surface area contributed by atoms with Crippen LogP contribution in [0.4, 0.5) is 0 Å². The number of aromatic nitrogens is 1. The van der Waals surface area contributed by atoms with Gasteiger partial charge in [0.25, 0.3) is 0 Å². The molecule has 1 aromatic rings. The summed E-state index contributed by atoms with van der Waals surface area (Å²) < 4.78 is 0. The second-order valence-electron chi connectivity index (χ2n) is 4.58. The highest BCUT2D eigenvalue weighted by atomic mass is 14.7. The van der Waals surface area contributed by atoms with Gasteiger partial charge in [-0.3, -0.25) is 9.98 Å². The Morgan fingerprint density at radius 3 is 2.58 bits per heavy atom. The van der Waals surface area contributed by atoms with Gasteiger partial charge in [0.05, 0.1) is 0 Å². The van der Waals surface area contributed by atoms with Gasteiger partial charge in [-0.25, -0.2) is 0 Å². The van der Waals surface area contributed by atoms with E-state index in [1.54, 1.807) is 0 Å². The fourth-order valence-corrected chi connectivity index (χ4v) is 2.05. The van der Waals surface area contributed by atoms with Crippen LogP contribution in [0.1, 0.15) is 25.8 Å². The monoisotopic (exact) mass is 250 g/mol. The van der Waals surface area contributed by atoms with E-state index in [9.17, 15) is 0 Å². The molecule has 96 valence electrons. The Balaban J connectivity index is 2.19. The van der Waals surface area contributed by atoms with E-state index in [0.29, 0.717) is 0 Å². The van der Waals surface area contributed by atoms with Crippen LogP contribution in [0, 0.1) is 0 Å². The van der Waals surface area contributed by atoms with E-state index in [1.807, 2.05) is 31.5 Å². The van der Waals surface area contributed by atoms with Crippen molar-refractivity contribution in [2.75, 3.05) is 0 Å². The maximum atomic E-state index is 4.04. The summed E-state index contributed by atoms with van der Waals surface area (Å²) in [5.74, 6) is 0. The molecule has 0 amide bonds. The lowest BCUT2D eigenvalue weighted by atomic mass is 9.94. The van der Waals surface area contributed by atoms with Crippen LogP contribution in [0.3, 0.4) is 0 Å². The van der Waals surface area contributed by atoms with Gasteiger partial charge in [0, 0.05) is 18.1 Å². The molecule has 0 saturated heterocycles. The van der Waals surface area contributed by atoms with Crippen molar-refractivity contribution in [1.82, 2.24) is 4.98 Å². The molecule has 0 unspecified atom stereocenters. The molecule has 1 heterocycles. The van der Waals surface area contributed by atoms with Gasteiger partial charge >= 0.3 is 0 Å². The summed E-state index contributed by atoms with van der Waals surface area (Å²) in [5.41, 5.74) is 5.97. The molecule has 19 heavy (non-hydrogen) atoms. The minimum Gasteiger partial charge on any atom is -0.269 e. The summed E-state index contributed by atoms with van der Waals surface area (Å²) >= 11 is 0. The summed E-state index contributed by atoms with van der Waals surface area (Å²) in [6, 6.07) is 4.06. The van der Waals surface area contributed by atoms with Crippen molar-refractivity contribution in [2.45, 2.75) is 20.3 Å². The highest BCUT2D eigenvalue weighted by Gasteiger charge is 2.05. The first-order chi connectivity index (χ1) is 9.20. The number of nitrogens with zero attached hydrogens (tertiary/aromatic N) is 2. The zero-order chi connectivity index (χ0) is 13.7. The smallest absolute Gasteiger partial charge is 0.0368 e. The third-order valence-electron chi connectivity index (χ3n) is 3.20. The minimum atomic E-state index is 0.945. The normalized spacial score (nSPS) is 18.0. The molecule has 0 bridgehead atoms. The maximum Gasteiger partial charge on any atom is 0.0368 e. The molecule has 0 radical (unpaired) electrons. The lowest BCUT2D eigenvalue weighted by Crippen LogP contribution is -1.91. The Bertz CT molecular complexity index is 587. The number of rotatable bonds is 3. The third-order valence-corrected chi connectivity index (χ3v) is 3.20. The average Bonchev–Trinajstić information content (AvgIpc) is 2.48. The van der Waals surface area contributed by atoms with E-state index >= 15 is 0 Å². The van der Waals surface area contributed by atoms with Crippen molar-refractivity contribution in [1.29, 1.82) is 0 Å². The van der Waals surface area contributed by atoms with E-state index in [1.165, 1.54) is 22.3 Å². The van der Waals surface area contributed by atoms with Gasteiger partial charge in [-0.15, -0.1) is 0 Å². The van der Waals surface area contributed by atoms with Crippen LogP contribution < -0.4 is 0 Å². The predicted octanol–water partition coefficient (Wildman–Crippen LogP) is 4.35. The molecule has 0 saturated carbocycles. The van der Waals surface area contributed by atoms with Gasteiger partial charge in [0.15, 0.2) is 0 Å². The zero-order valence-electron chi connectivity index (χ0n) is 11.4. The van der Waals surface area contributed by atoms with Crippen molar-refractivity contribution < 1.29 is 0 Å². The Morgan fingerprint density at radius 2 is 2.00 bits per heavy atom. The molecule has 0 spiro atoms. The molecule has 2 nitrogen and oxygen atoms in total. The number of allylic oxidation sites excluding steroid dienone is 8. The summed E-state index contributed by atoms with van der Waals surface area (Å²) in [4.78, 5) is 7.96. The molecule has 2 heteroatoms. The fraction of sp³-hybridized carbons (Fsp3) is 0.176. The Morgan fingerprint density at radius 1 is 1.26 bits per heavy atom. The summed E-state index contributed by atoms with van der Waals surface area (Å²) in [6.07, 6.45) is 13.2. The first kappa shape index (κ1) is 13.2. The van der Waals surface area contributed by atoms with Gasteiger partial charge in [0.2, 0.25) is 0 Å². The van der Waals surface area contributed by atoms with E-state index in [0.717, 1.165) is 12.1 Å². The van der Waals surface area contributed by atoms with Gasteiger partial charge in [-0.2, -0.15) is 0 Å². The van der Waals surface area contributed by atoms with Gasteiger partial charge in [-0.05, 0) is 67.5 Å². The Hall–Kier alpha value is -2.22. The molecule has 0 N–H and O–H groups in total. The minimum absolute atomic E-state index is 0.945. The van der Waals surface area contributed by atoms with Gasteiger partial charge < -0.3 is 0 Å². The van der Waals surface area contributed by atoms with Crippen LogP contribution in [0.5, 0.6) is 0 Å². The van der Waals surface area contributed by atoms with E-state index < -0.39 is 0 Å². The van der Waals surface area contributed by atoms with Gasteiger partial charge in [0.1, 0.15) is 0 Å². The number of hydrogen-bond donors (Lipinski definition) is 0. The predicted molar refractivity (Wildman–Crippen MR) is 82.0 cm³/mol. The molecule has 0 aliphatic heterocycles. The summed E-state index contributed by atoms with van der Waals surface area (Å²) in [5, 5.41) is 0. The second kappa shape index (κ2) is 6.10. The van der Waals surface area contributed by atoms with E-state index in [2.05, 4.69) is 47.9 Å². The number of pyridine rings is 1. The topological polar surface area (TPSA) is 25.2 Å². The highest BCUT2D eigenvalue weighted by molar-refractivity contribution is 5.76. The quantitative estimate of drug-likeness (QED) is 0.732. The number of hydrogen-bond acceptors (Lipinski definition) is 2. The second-order valence-corrected chi connectivity index (χ2v) is 4.58. The maximum absolute atomic E-state index is 4.04. The first-order valence-corrected chi connectivity index (χ1v) is 6.34. The van der Waals surface area contributed by atoms with Crippen LogP contribution in [0.2, 0.25) is 0 Å². The molecule has 1 aromatic heterocycles. The average molecular weight is 250 g/mol. The SMILES string of the molecule is C=N/C(C)=C\C(C)=C1\C=CC(c2ccncc2)=CC1. The Kier molecular flexibility index (Phi) is 4.24. The molecule has 1 aliphatic rings. The van der Waals surface area contributed by atoms with Crippen molar-refractivity contribution in [2.24, 2.45) is 4.99 Å². The lowest BCUT2D eigenvalue weighted by Gasteiger charge is -2.11. The van der Waals surface area contributed by atoms with Crippen LogP contribution in [0.15, 0.2) is 70.7 Å². The summed E-state index contributed by atoms with van der Waals surface area (Å²) in [6.45, 7) is 7.60.